The lowest BCUT2D eigenvalue weighted by Gasteiger charge is -2.44. The van der Waals surface area contributed by atoms with Crippen LogP contribution < -0.4 is 19.9 Å². The quantitative estimate of drug-likeness (QED) is 0.677. The van der Waals surface area contributed by atoms with Gasteiger partial charge in [0.25, 0.3) is 0 Å². The van der Waals surface area contributed by atoms with Crippen LogP contribution in [-0.4, -0.2) is 48.7 Å². The van der Waals surface area contributed by atoms with Gasteiger partial charge in [-0.25, -0.2) is 4.79 Å². The van der Waals surface area contributed by atoms with Crippen molar-refractivity contribution in [2.75, 3.05) is 32.4 Å². The van der Waals surface area contributed by atoms with E-state index in [0.717, 1.165) is 30.4 Å². The lowest BCUT2D eigenvalue weighted by molar-refractivity contribution is 0.0694. The zero-order valence-electron chi connectivity index (χ0n) is 18.3. The van der Waals surface area contributed by atoms with Gasteiger partial charge < -0.3 is 19.3 Å². The van der Waals surface area contributed by atoms with Gasteiger partial charge in [-0.2, -0.15) is 0 Å². The third-order valence-electron chi connectivity index (χ3n) is 6.16. The lowest BCUT2D eigenvalue weighted by atomic mass is 9.93. The Morgan fingerprint density at radius 2 is 1.97 bits per heavy atom. The third kappa shape index (κ3) is 3.54. The maximum atomic E-state index is 12.5. The summed E-state index contributed by atoms with van der Waals surface area (Å²) in [4.78, 5) is 24.2. The molecule has 3 heterocycles. The zero-order valence-corrected chi connectivity index (χ0v) is 18.3. The van der Waals surface area contributed by atoms with E-state index in [1.807, 2.05) is 16.8 Å². The van der Waals surface area contributed by atoms with Crippen LogP contribution in [0.5, 0.6) is 11.5 Å². The van der Waals surface area contributed by atoms with Crippen molar-refractivity contribution in [2.24, 2.45) is 0 Å². The summed E-state index contributed by atoms with van der Waals surface area (Å²) in [7, 11) is 3.24. The minimum absolute atomic E-state index is 0.0360. The summed E-state index contributed by atoms with van der Waals surface area (Å²) >= 11 is 0. The fourth-order valence-electron chi connectivity index (χ4n) is 4.67. The fraction of sp³-hybridized carbons (Fsp3) is 0.478. The van der Waals surface area contributed by atoms with Crippen LogP contribution in [-0.2, 0) is 4.74 Å². The highest BCUT2D eigenvalue weighted by Gasteiger charge is 2.45. The number of ether oxygens (including phenoxy) is 3. The van der Waals surface area contributed by atoms with Crippen LogP contribution >= 0.6 is 0 Å². The summed E-state index contributed by atoms with van der Waals surface area (Å²) in [6, 6.07) is 5.33. The van der Waals surface area contributed by atoms with Gasteiger partial charge in [0.2, 0.25) is 0 Å². The Bertz CT molecular complexity index is 1070. The maximum absolute atomic E-state index is 12.5. The van der Waals surface area contributed by atoms with Crippen LogP contribution in [0.1, 0.15) is 55.1 Å². The van der Waals surface area contributed by atoms with Gasteiger partial charge in [0, 0.05) is 38.0 Å². The van der Waals surface area contributed by atoms with Gasteiger partial charge in [-0.1, -0.05) is 0 Å². The van der Waals surface area contributed by atoms with Crippen LogP contribution in [0.25, 0.3) is 11.3 Å². The molecule has 8 heteroatoms. The first-order valence-corrected chi connectivity index (χ1v) is 10.4. The van der Waals surface area contributed by atoms with Gasteiger partial charge in [-0.3, -0.25) is 14.5 Å². The predicted molar refractivity (Wildman–Crippen MR) is 116 cm³/mol. The number of benzene rings is 1. The van der Waals surface area contributed by atoms with Gasteiger partial charge in [0.05, 0.1) is 31.0 Å². The highest BCUT2D eigenvalue weighted by molar-refractivity contribution is 5.88. The number of hydrogen-bond donors (Lipinski definition) is 1. The second-order valence-corrected chi connectivity index (χ2v) is 8.58. The van der Waals surface area contributed by atoms with Crippen LogP contribution in [0.4, 0.5) is 0 Å². The molecule has 166 valence electrons. The first kappa shape index (κ1) is 21.2. The summed E-state index contributed by atoms with van der Waals surface area (Å²) < 4.78 is 18.5. The molecule has 1 fully saturated rings. The first-order chi connectivity index (χ1) is 14.8. The largest absolute Gasteiger partial charge is 0.493 e. The number of carboxylic acids is 1. The Hall–Kier alpha value is -3.00. The van der Waals surface area contributed by atoms with Crippen molar-refractivity contribution in [1.82, 2.24) is 4.68 Å². The molecular formula is C23H28N2O6. The molecule has 0 saturated carbocycles. The zero-order chi connectivity index (χ0) is 22.3. The van der Waals surface area contributed by atoms with Crippen molar-refractivity contribution in [3.05, 3.63) is 45.7 Å². The van der Waals surface area contributed by atoms with E-state index in [2.05, 4.69) is 18.9 Å². The van der Waals surface area contributed by atoms with E-state index < -0.39 is 11.4 Å². The molecular weight excluding hydrogens is 400 g/mol. The average Bonchev–Trinajstić information content (AvgIpc) is 3.05. The molecule has 1 atom stereocenters. The molecule has 1 aromatic carbocycles. The fourth-order valence-corrected chi connectivity index (χ4v) is 4.67. The number of methoxy groups -OCH3 is 2. The van der Waals surface area contributed by atoms with Crippen molar-refractivity contribution in [1.29, 1.82) is 0 Å². The summed E-state index contributed by atoms with van der Waals surface area (Å²) in [5.41, 5.74) is 1.60. The monoisotopic (exact) mass is 428 g/mol. The summed E-state index contributed by atoms with van der Waals surface area (Å²) in [5.74, 6) is 0.000170. The van der Waals surface area contributed by atoms with Crippen molar-refractivity contribution in [2.45, 2.75) is 44.7 Å². The molecule has 1 N–H and O–H groups in total. The maximum Gasteiger partial charge on any atom is 0.341 e. The van der Waals surface area contributed by atoms with E-state index >= 15 is 0 Å². The Morgan fingerprint density at radius 3 is 2.65 bits per heavy atom. The minimum Gasteiger partial charge on any atom is -0.493 e. The number of rotatable bonds is 7. The molecule has 8 nitrogen and oxygen atoms in total. The number of carboxylic acid groups (broad SMARTS) is 1. The molecule has 0 amide bonds. The Labute approximate surface area is 180 Å². The predicted octanol–water partition coefficient (Wildman–Crippen LogP) is 3.20. The van der Waals surface area contributed by atoms with Gasteiger partial charge in [0.15, 0.2) is 16.9 Å². The Balaban J connectivity index is 1.88. The number of nitrogens with zero attached hydrogens (tertiary/aromatic N) is 2. The van der Waals surface area contributed by atoms with Crippen LogP contribution in [0.2, 0.25) is 0 Å². The van der Waals surface area contributed by atoms with E-state index in [9.17, 15) is 14.7 Å². The molecule has 0 unspecified atom stereocenters. The van der Waals surface area contributed by atoms with E-state index in [1.54, 1.807) is 14.2 Å². The number of aromatic carboxylic acids is 1. The summed E-state index contributed by atoms with van der Waals surface area (Å²) in [5, 5.41) is 11.7. The molecule has 1 aromatic heterocycles. The number of pyridine rings is 1. The van der Waals surface area contributed by atoms with Gasteiger partial charge >= 0.3 is 5.97 Å². The molecule has 31 heavy (non-hydrogen) atoms. The lowest BCUT2D eigenvalue weighted by Crippen LogP contribution is -2.50. The highest BCUT2D eigenvalue weighted by atomic mass is 16.5. The normalized spacial score (nSPS) is 18.2. The molecule has 0 bridgehead atoms. The molecule has 0 spiro atoms. The van der Waals surface area contributed by atoms with E-state index in [4.69, 9.17) is 14.2 Å². The number of carbonyl (C=O) groups is 1. The first-order valence-electron chi connectivity index (χ1n) is 10.4. The number of aromatic nitrogens is 1. The average molecular weight is 428 g/mol. The van der Waals surface area contributed by atoms with Crippen molar-refractivity contribution >= 4 is 5.97 Å². The Kier molecular flexibility index (Phi) is 5.43. The number of hydrogen-bond acceptors (Lipinski definition) is 6. The van der Waals surface area contributed by atoms with E-state index in [0.29, 0.717) is 30.4 Å². The second-order valence-electron chi connectivity index (χ2n) is 8.58. The van der Waals surface area contributed by atoms with Gasteiger partial charge in [-0.15, -0.1) is 0 Å². The highest BCUT2D eigenvalue weighted by Crippen LogP contribution is 2.50. The van der Waals surface area contributed by atoms with E-state index in [-0.39, 0.29) is 17.1 Å². The molecule has 4 rings (SSSR count). The third-order valence-corrected chi connectivity index (χ3v) is 6.16. The van der Waals surface area contributed by atoms with Gasteiger partial charge in [-0.05, 0) is 44.4 Å². The molecule has 0 radical (unpaired) electrons. The second kappa shape index (κ2) is 7.92. The SMILES string of the molecule is COCCCOc1cc2c(cc1OC)-c1cc(=O)c(C(=O)O)cn1N1[C@H]2CCC1(C)C. The molecule has 0 aliphatic carbocycles. The Morgan fingerprint density at radius 1 is 1.19 bits per heavy atom. The molecule has 1 saturated heterocycles. The molecule has 2 aromatic rings. The number of fused-ring (bicyclic) bond motifs is 6. The van der Waals surface area contributed by atoms with Gasteiger partial charge in [0.1, 0.15) is 5.56 Å². The van der Waals surface area contributed by atoms with Crippen molar-refractivity contribution in [3.63, 3.8) is 0 Å². The van der Waals surface area contributed by atoms with Crippen molar-refractivity contribution < 1.29 is 24.1 Å². The minimum atomic E-state index is -1.22. The van der Waals surface area contributed by atoms with Crippen LogP contribution in [0.15, 0.2) is 29.2 Å². The standard InChI is InChI=1S/C23H28N2O6/c1-23(2)7-6-17-14-11-21(31-9-5-8-29-3)20(30-4)10-15(14)18-12-19(26)16(22(27)28)13-24(18)25(17)23/h10-13,17H,5-9H2,1-4H3,(H,27,28)/t17-/m0/s1. The van der Waals surface area contributed by atoms with Crippen LogP contribution in [0, 0.1) is 0 Å². The molecule has 2 aliphatic rings. The smallest absolute Gasteiger partial charge is 0.341 e. The summed E-state index contributed by atoms with van der Waals surface area (Å²) in [6.45, 7) is 5.37. The summed E-state index contributed by atoms with van der Waals surface area (Å²) in [6.07, 6.45) is 4.05. The van der Waals surface area contributed by atoms with Crippen molar-refractivity contribution in [3.8, 4) is 22.8 Å². The topological polar surface area (TPSA) is 90.2 Å². The van der Waals surface area contributed by atoms with Crippen LogP contribution in [0.3, 0.4) is 0 Å². The van der Waals surface area contributed by atoms with E-state index in [1.165, 1.54) is 12.3 Å². The molecule has 2 aliphatic heterocycles.